The van der Waals surface area contributed by atoms with Gasteiger partial charge in [0.05, 0.1) is 0 Å². The third-order valence-corrected chi connectivity index (χ3v) is 5.70. The van der Waals surface area contributed by atoms with Gasteiger partial charge in [0.1, 0.15) is 11.6 Å². The van der Waals surface area contributed by atoms with Crippen molar-refractivity contribution < 1.29 is 9.59 Å². The lowest BCUT2D eigenvalue weighted by molar-refractivity contribution is -0.158. The van der Waals surface area contributed by atoms with Crippen molar-refractivity contribution in [2.75, 3.05) is 0 Å². The first-order chi connectivity index (χ1) is 10.1. The van der Waals surface area contributed by atoms with Gasteiger partial charge in [-0.05, 0) is 44.9 Å². The Bertz CT molecular complexity index is 425. The van der Waals surface area contributed by atoms with Gasteiger partial charge in [0.15, 0.2) is 0 Å². The van der Waals surface area contributed by atoms with E-state index in [1.807, 2.05) is 18.7 Å². The topological polar surface area (TPSA) is 49.4 Å². The molecule has 2 amide bonds. The fourth-order valence-corrected chi connectivity index (χ4v) is 4.20. The number of rotatable bonds is 3. The van der Waals surface area contributed by atoms with Crippen LogP contribution in [0.5, 0.6) is 0 Å². The zero-order chi connectivity index (χ0) is 15.0. The van der Waals surface area contributed by atoms with E-state index in [2.05, 4.69) is 5.32 Å². The van der Waals surface area contributed by atoms with E-state index in [9.17, 15) is 9.59 Å². The van der Waals surface area contributed by atoms with Gasteiger partial charge in [-0.25, -0.2) is 0 Å². The van der Waals surface area contributed by atoms with E-state index in [1.165, 1.54) is 25.7 Å². The van der Waals surface area contributed by atoms with E-state index in [4.69, 9.17) is 0 Å². The Hall–Kier alpha value is -1.06. The second-order valence-electron chi connectivity index (χ2n) is 7.25. The fraction of sp³-hybridized carbons (Fsp3) is 0.882. The van der Waals surface area contributed by atoms with Crippen molar-refractivity contribution in [1.82, 2.24) is 10.2 Å². The van der Waals surface area contributed by atoms with Crippen molar-refractivity contribution in [3.63, 3.8) is 0 Å². The zero-order valence-electron chi connectivity index (χ0n) is 13.4. The normalized spacial score (nSPS) is 35.5. The summed E-state index contributed by atoms with van der Waals surface area (Å²) in [5, 5.41) is 3.06. The van der Waals surface area contributed by atoms with E-state index < -0.39 is 5.54 Å². The molecule has 0 radical (unpaired) electrons. The maximum Gasteiger partial charge on any atom is 0.249 e. The van der Waals surface area contributed by atoms with Crippen molar-refractivity contribution >= 4 is 11.8 Å². The molecule has 0 spiro atoms. The summed E-state index contributed by atoms with van der Waals surface area (Å²) in [6.45, 7) is 3.96. The lowest BCUT2D eigenvalue weighted by Crippen LogP contribution is -2.71. The lowest BCUT2D eigenvalue weighted by Gasteiger charge is -2.48. The molecule has 1 heterocycles. The first kappa shape index (κ1) is 14.9. The molecule has 1 saturated heterocycles. The Morgan fingerprint density at radius 3 is 2.24 bits per heavy atom. The van der Waals surface area contributed by atoms with Crippen LogP contribution in [0.4, 0.5) is 0 Å². The lowest BCUT2D eigenvalue weighted by atomic mass is 9.87. The molecule has 4 heteroatoms. The number of hydrogen-bond donors (Lipinski definition) is 1. The molecule has 1 aliphatic heterocycles. The number of amides is 2. The highest BCUT2D eigenvalue weighted by molar-refractivity contribution is 6.00. The highest BCUT2D eigenvalue weighted by Crippen LogP contribution is 2.43. The zero-order valence-corrected chi connectivity index (χ0v) is 13.4. The van der Waals surface area contributed by atoms with Crippen molar-refractivity contribution in [2.45, 2.75) is 89.3 Å². The van der Waals surface area contributed by atoms with Crippen LogP contribution in [0.2, 0.25) is 0 Å². The molecule has 3 rings (SSSR count). The Morgan fingerprint density at radius 1 is 1.10 bits per heavy atom. The minimum absolute atomic E-state index is 0.0655. The van der Waals surface area contributed by atoms with Crippen LogP contribution in [0.15, 0.2) is 0 Å². The second kappa shape index (κ2) is 5.62. The molecule has 2 aliphatic carbocycles. The monoisotopic (exact) mass is 292 g/mol. The summed E-state index contributed by atoms with van der Waals surface area (Å²) >= 11 is 0. The van der Waals surface area contributed by atoms with Crippen molar-refractivity contribution in [2.24, 2.45) is 5.92 Å². The highest BCUT2D eigenvalue weighted by atomic mass is 16.2. The molecule has 2 unspecified atom stereocenters. The summed E-state index contributed by atoms with van der Waals surface area (Å²) in [4.78, 5) is 27.7. The second-order valence-corrected chi connectivity index (χ2v) is 7.25. The first-order valence-corrected chi connectivity index (χ1v) is 8.72. The highest BCUT2D eigenvalue weighted by Gasteiger charge is 2.56. The molecule has 0 bridgehead atoms. The summed E-state index contributed by atoms with van der Waals surface area (Å²) in [6.07, 6.45) is 9.89. The molecule has 2 atom stereocenters. The molecule has 0 aromatic heterocycles. The quantitative estimate of drug-likeness (QED) is 0.813. The average molecular weight is 292 g/mol. The molecule has 0 aromatic rings. The van der Waals surface area contributed by atoms with Crippen LogP contribution in [-0.2, 0) is 9.59 Å². The third-order valence-electron chi connectivity index (χ3n) is 5.70. The van der Waals surface area contributed by atoms with Gasteiger partial charge in [-0.3, -0.25) is 9.59 Å². The van der Waals surface area contributed by atoms with Crippen LogP contribution in [0, 0.1) is 5.92 Å². The summed E-state index contributed by atoms with van der Waals surface area (Å²) in [7, 11) is 0. The summed E-state index contributed by atoms with van der Waals surface area (Å²) in [5.74, 6) is 0.596. The maximum atomic E-state index is 13.2. The van der Waals surface area contributed by atoms with Gasteiger partial charge in [-0.1, -0.05) is 32.6 Å². The third kappa shape index (κ3) is 2.58. The molecule has 4 nitrogen and oxygen atoms in total. The predicted octanol–water partition coefficient (Wildman–Crippen LogP) is 2.61. The van der Waals surface area contributed by atoms with Gasteiger partial charge in [0.2, 0.25) is 11.8 Å². The first-order valence-electron chi connectivity index (χ1n) is 8.72. The minimum Gasteiger partial charge on any atom is -0.340 e. The SMILES string of the molecule is CCC1C(=O)NC(C)(C2CC2)C(=O)N1C1CCCCCC1. The molecule has 3 fully saturated rings. The molecule has 0 aromatic carbocycles. The largest absolute Gasteiger partial charge is 0.340 e. The van der Waals surface area contributed by atoms with E-state index in [1.54, 1.807) is 0 Å². The van der Waals surface area contributed by atoms with Crippen molar-refractivity contribution in [1.29, 1.82) is 0 Å². The Balaban J connectivity index is 1.88. The van der Waals surface area contributed by atoms with Gasteiger partial charge in [-0.2, -0.15) is 0 Å². The molecule has 21 heavy (non-hydrogen) atoms. The average Bonchev–Trinajstić information content (AvgIpc) is 3.28. The molecular weight excluding hydrogens is 264 g/mol. The van der Waals surface area contributed by atoms with Crippen LogP contribution in [0.1, 0.15) is 71.6 Å². The molecular formula is C17H28N2O2. The Morgan fingerprint density at radius 2 is 1.71 bits per heavy atom. The molecule has 118 valence electrons. The molecule has 1 N–H and O–H groups in total. The maximum absolute atomic E-state index is 13.2. The molecule has 2 saturated carbocycles. The number of carbonyl (C=O) groups is 2. The summed E-state index contributed by atoms with van der Waals surface area (Å²) < 4.78 is 0. The van der Waals surface area contributed by atoms with Crippen LogP contribution in [0.25, 0.3) is 0 Å². The van der Waals surface area contributed by atoms with E-state index in [-0.39, 0.29) is 23.9 Å². The number of hydrogen-bond acceptors (Lipinski definition) is 2. The van der Waals surface area contributed by atoms with Crippen LogP contribution in [0.3, 0.4) is 0 Å². The standard InChI is InChI=1S/C17H28N2O2/c1-3-14-15(20)18-17(2,12-10-11-12)16(21)19(14)13-8-6-4-5-7-9-13/h12-14H,3-11H2,1-2H3,(H,18,20). The van der Waals surface area contributed by atoms with Gasteiger partial charge < -0.3 is 10.2 Å². The van der Waals surface area contributed by atoms with Gasteiger partial charge in [0, 0.05) is 6.04 Å². The Kier molecular flexibility index (Phi) is 3.98. The van der Waals surface area contributed by atoms with Gasteiger partial charge >= 0.3 is 0 Å². The van der Waals surface area contributed by atoms with E-state index in [0.29, 0.717) is 5.92 Å². The van der Waals surface area contributed by atoms with Gasteiger partial charge in [-0.15, -0.1) is 0 Å². The van der Waals surface area contributed by atoms with Crippen LogP contribution < -0.4 is 5.32 Å². The summed E-state index contributed by atoms with van der Waals surface area (Å²) in [5.41, 5.74) is -0.644. The smallest absolute Gasteiger partial charge is 0.249 e. The van der Waals surface area contributed by atoms with E-state index in [0.717, 1.165) is 32.1 Å². The number of carbonyl (C=O) groups excluding carboxylic acids is 2. The number of nitrogens with zero attached hydrogens (tertiary/aromatic N) is 1. The van der Waals surface area contributed by atoms with Crippen molar-refractivity contribution in [3.8, 4) is 0 Å². The number of piperazine rings is 1. The van der Waals surface area contributed by atoms with Gasteiger partial charge in [0.25, 0.3) is 0 Å². The predicted molar refractivity (Wildman–Crippen MR) is 81.7 cm³/mol. The summed E-state index contributed by atoms with van der Waals surface area (Å²) in [6, 6.07) is 0.0153. The molecule has 3 aliphatic rings. The van der Waals surface area contributed by atoms with Crippen LogP contribution in [-0.4, -0.2) is 34.3 Å². The van der Waals surface area contributed by atoms with Crippen molar-refractivity contribution in [3.05, 3.63) is 0 Å². The van der Waals surface area contributed by atoms with Crippen LogP contribution >= 0.6 is 0 Å². The fourth-order valence-electron chi connectivity index (χ4n) is 4.20. The Labute approximate surface area is 127 Å². The minimum atomic E-state index is -0.644. The van der Waals surface area contributed by atoms with E-state index >= 15 is 0 Å². The number of nitrogens with one attached hydrogen (secondary N) is 1.